The standard InChI is InChI=1S/C15H21NO2/c1-3-5-11-16(13-17)14-7-9-15(10-8-14)18-12-6-4-2/h3,7-10,13H,1,4-6,11-12H2,2H3. The zero-order valence-electron chi connectivity index (χ0n) is 11.0. The number of hydrogen-bond donors (Lipinski definition) is 0. The molecule has 98 valence electrons. The number of benzene rings is 1. The molecule has 18 heavy (non-hydrogen) atoms. The van der Waals surface area contributed by atoms with E-state index in [1.807, 2.05) is 24.3 Å². The number of anilines is 1. The quantitative estimate of drug-likeness (QED) is 0.380. The SMILES string of the molecule is C=CCCN(C=O)c1ccc(OCCCC)cc1. The van der Waals surface area contributed by atoms with Crippen LogP contribution in [0.25, 0.3) is 0 Å². The molecule has 3 heteroatoms. The van der Waals surface area contributed by atoms with Gasteiger partial charge in [0.25, 0.3) is 0 Å². The minimum absolute atomic E-state index is 0.656. The number of carbonyl (C=O) groups excluding carboxylic acids is 1. The van der Waals surface area contributed by atoms with E-state index >= 15 is 0 Å². The summed E-state index contributed by atoms with van der Waals surface area (Å²) in [6.07, 6.45) is 5.61. The first kappa shape index (κ1) is 14.3. The van der Waals surface area contributed by atoms with Crippen molar-refractivity contribution in [1.29, 1.82) is 0 Å². The number of carbonyl (C=O) groups is 1. The van der Waals surface area contributed by atoms with Gasteiger partial charge in [0.1, 0.15) is 5.75 Å². The lowest BCUT2D eigenvalue weighted by molar-refractivity contribution is -0.107. The van der Waals surface area contributed by atoms with Crippen LogP contribution in [0.15, 0.2) is 36.9 Å². The fourth-order valence-electron chi connectivity index (χ4n) is 1.54. The second kappa shape index (κ2) is 8.34. The Labute approximate surface area is 109 Å². The number of amides is 1. The van der Waals surface area contributed by atoms with Crippen LogP contribution in [-0.2, 0) is 4.79 Å². The van der Waals surface area contributed by atoms with Gasteiger partial charge in [-0.25, -0.2) is 0 Å². The zero-order valence-corrected chi connectivity index (χ0v) is 11.0. The van der Waals surface area contributed by atoms with Crippen LogP contribution >= 0.6 is 0 Å². The van der Waals surface area contributed by atoms with E-state index < -0.39 is 0 Å². The molecule has 0 heterocycles. The highest BCUT2D eigenvalue weighted by Gasteiger charge is 2.03. The number of hydrogen-bond acceptors (Lipinski definition) is 2. The van der Waals surface area contributed by atoms with Crippen molar-refractivity contribution in [3.63, 3.8) is 0 Å². The maximum atomic E-state index is 11.0. The number of nitrogens with zero attached hydrogens (tertiary/aromatic N) is 1. The van der Waals surface area contributed by atoms with Crippen LogP contribution in [0.4, 0.5) is 5.69 Å². The van der Waals surface area contributed by atoms with Crippen molar-refractivity contribution in [2.24, 2.45) is 0 Å². The van der Waals surface area contributed by atoms with Crippen LogP contribution < -0.4 is 9.64 Å². The molecular formula is C15H21NO2. The van der Waals surface area contributed by atoms with E-state index in [2.05, 4.69) is 13.5 Å². The van der Waals surface area contributed by atoms with E-state index in [0.29, 0.717) is 6.54 Å². The number of unbranched alkanes of at least 4 members (excludes halogenated alkanes) is 1. The topological polar surface area (TPSA) is 29.5 Å². The van der Waals surface area contributed by atoms with E-state index in [4.69, 9.17) is 4.74 Å². The van der Waals surface area contributed by atoms with Crippen molar-refractivity contribution in [1.82, 2.24) is 0 Å². The maximum Gasteiger partial charge on any atom is 0.214 e. The second-order valence-corrected chi connectivity index (χ2v) is 4.07. The molecule has 0 radical (unpaired) electrons. The van der Waals surface area contributed by atoms with Crippen LogP contribution in [0.2, 0.25) is 0 Å². The van der Waals surface area contributed by atoms with Crippen molar-refractivity contribution >= 4 is 12.1 Å². The average molecular weight is 247 g/mol. The molecule has 1 rings (SSSR count). The molecule has 0 N–H and O–H groups in total. The third-order valence-electron chi connectivity index (χ3n) is 2.64. The van der Waals surface area contributed by atoms with Gasteiger partial charge >= 0.3 is 0 Å². The molecule has 0 atom stereocenters. The molecule has 1 aromatic rings. The maximum absolute atomic E-state index is 11.0. The van der Waals surface area contributed by atoms with E-state index in [0.717, 1.165) is 43.7 Å². The van der Waals surface area contributed by atoms with Crippen molar-refractivity contribution in [3.8, 4) is 5.75 Å². The predicted molar refractivity (Wildman–Crippen MR) is 75.1 cm³/mol. The summed E-state index contributed by atoms with van der Waals surface area (Å²) >= 11 is 0. The Morgan fingerprint density at radius 1 is 1.33 bits per heavy atom. The molecule has 0 aliphatic heterocycles. The summed E-state index contributed by atoms with van der Waals surface area (Å²) in [5.41, 5.74) is 0.884. The Bertz CT molecular complexity index is 359. The first-order valence-electron chi connectivity index (χ1n) is 6.37. The lowest BCUT2D eigenvalue weighted by Gasteiger charge is -2.16. The summed E-state index contributed by atoms with van der Waals surface area (Å²) in [6.45, 7) is 7.18. The lowest BCUT2D eigenvalue weighted by atomic mass is 10.2. The predicted octanol–water partition coefficient (Wildman–Crippen LogP) is 3.40. The largest absolute Gasteiger partial charge is 0.494 e. The molecule has 0 saturated heterocycles. The zero-order chi connectivity index (χ0) is 13.2. The van der Waals surface area contributed by atoms with Gasteiger partial charge in [-0.3, -0.25) is 4.79 Å². The smallest absolute Gasteiger partial charge is 0.214 e. The minimum Gasteiger partial charge on any atom is -0.494 e. The van der Waals surface area contributed by atoms with Gasteiger partial charge in [-0.2, -0.15) is 0 Å². The number of rotatable bonds is 9. The molecule has 0 bridgehead atoms. The Morgan fingerprint density at radius 3 is 2.61 bits per heavy atom. The lowest BCUT2D eigenvalue weighted by Crippen LogP contribution is -2.21. The van der Waals surface area contributed by atoms with Gasteiger partial charge in [0, 0.05) is 12.2 Å². The third kappa shape index (κ3) is 4.62. The van der Waals surface area contributed by atoms with Gasteiger partial charge in [-0.05, 0) is 37.1 Å². The van der Waals surface area contributed by atoms with E-state index in [9.17, 15) is 4.79 Å². The molecule has 0 unspecified atom stereocenters. The summed E-state index contributed by atoms with van der Waals surface area (Å²) in [7, 11) is 0. The molecule has 1 amide bonds. The Balaban J connectivity index is 2.56. The van der Waals surface area contributed by atoms with Gasteiger partial charge in [-0.1, -0.05) is 19.4 Å². The van der Waals surface area contributed by atoms with Gasteiger partial charge in [0.15, 0.2) is 0 Å². The molecule has 0 aromatic heterocycles. The summed E-state index contributed by atoms with van der Waals surface area (Å²) < 4.78 is 5.57. The van der Waals surface area contributed by atoms with E-state index in [1.54, 1.807) is 11.0 Å². The molecule has 0 spiro atoms. The first-order chi connectivity index (χ1) is 8.81. The van der Waals surface area contributed by atoms with Crippen LogP contribution in [0.1, 0.15) is 26.2 Å². The van der Waals surface area contributed by atoms with Crippen molar-refractivity contribution < 1.29 is 9.53 Å². The van der Waals surface area contributed by atoms with Crippen LogP contribution in [-0.4, -0.2) is 19.6 Å². The van der Waals surface area contributed by atoms with Gasteiger partial charge < -0.3 is 9.64 Å². The Hall–Kier alpha value is -1.77. The van der Waals surface area contributed by atoms with Crippen LogP contribution in [0.5, 0.6) is 5.75 Å². The van der Waals surface area contributed by atoms with E-state index in [-0.39, 0.29) is 0 Å². The molecule has 0 aliphatic carbocycles. The highest BCUT2D eigenvalue weighted by Crippen LogP contribution is 2.19. The van der Waals surface area contributed by atoms with Crippen molar-refractivity contribution in [3.05, 3.63) is 36.9 Å². The van der Waals surface area contributed by atoms with Crippen molar-refractivity contribution in [2.75, 3.05) is 18.1 Å². The average Bonchev–Trinajstić information content (AvgIpc) is 2.41. The fourth-order valence-corrected chi connectivity index (χ4v) is 1.54. The molecule has 0 aliphatic rings. The molecule has 1 aromatic carbocycles. The van der Waals surface area contributed by atoms with E-state index in [1.165, 1.54) is 0 Å². The normalized spacial score (nSPS) is 9.83. The highest BCUT2D eigenvalue weighted by atomic mass is 16.5. The first-order valence-corrected chi connectivity index (χ1v) is 6.37. The Kier molecular flexibility index (Phi) is 6.62. The monoisotopic (exact) mass is 247 g/mol. The number of ether oxygens (including phenoxy) is 1. The minimum atomic E-state index is 0.656. The van der Waals surface area contributed by atoms with Crippen LogP contribution in [0.3, 0.4) is 0 Å². The Morgan fingerprint density at radius 2 is 2.06 bits per heavy atom. The fraction of sp³-hybridized carbons (Fsp3) is 0.400. The van der Waals surface area contributed by atoms with Gasteiger partial charge in [-0.15, -0.1) is 6.58 Å². The summed E-state index contributed by atoms with van der Waals surface area (Å²) in [6, 6.07) is 7.60. The second-order valence-electron chi connectivity index (χ2n) is 4.07. The van der Waals surface area contributed by atoms with Gasteiger partial charge in [0.2, 0.25) is 6.41 Å². The molecule has 0 saturated carbocycles. The summed E-state index contributed by atoms with van der Waals surface area (Å²) in [5, 5.41) is 0. The third-order valence-corrected chi connectivity index (χ3v) is 2.64. The van der Waals surface area contributed by atoms with Crippen molar-refractivity contribution in [2.45, 2.75) is 26.2 Å². The molecular weight excluding hydrogens is 226 g/mol. The highest BCUT2D eigenvalue weighted by molar-refractivity contribution is 5.75. The van der Waals surface area contributed by atoms with Gasteiger partial charge in [0.05, 0.1) is 6.61 Å². The van der Waals surface area contributed by atoms with Crippen LogP contribution in [0, 0.1) is 0 Å². The summed E-state index contributed by atoms with van der Waals surface area (Å²) in [4.78, 5) is 12.6. The molecule has 0 fully saturated rings. The molecule has 3 nitrogen and oxygen atoms in total. The summed E-state index contributed by atoms with van der Waals surface area (Å²) in [5.74, 6) is 0.849.